The molecule has 1 nitrogen and oxygen atoms in total. The zero-order valence-electron chi connectivity index (χ0n) is 9.84. The SMILES string of the molecule is CCCCCC(O)C#Cc1cc(Cl)cc(Cl)c1. The Labute approximate surface area is 113 Å². The standard InChI is InChI=1S/C14H16Cl2O/c1-2-3-4-5-14(17)7-6-11-8-12(15)10-13(16)9-11/h8-10,14,17H,2-5H2,1H3. The van der Waals surface area contributed by atoms with Gasteiger partial charge in [-0.15, -0.1) is 0 Å². The number of hydrogen-bond acceptors (Lipinski definition) is 1. The van der Waals surface area contributed by atoms with E-state index in [1.54, 1.807) is 18.2 Å². The summed E-state index contributed by atoms with van der Waals surface area (Å²) >= 11 is 11.7. The molecule has 1 N–H and O–H groups in total. The van der Waals surface area contributed by atoms with Crippen molar-refractivity contribution in [1.82, 2.24) is 0 Å². The summed E-state index contributed by atoms with van der Waals surface area (Å²) in [5.41, 5.74) is 0.733. The molecule has 1 atom stereocenters. The van der Waals surface area contributed by atoms with E-state index in [4.69, 9.17) is 23.2 Å². The fraction of sp³-hybridized carbons (Fsp3) is 0.429. The first-order valence-corrected chi connectivity index (χ1v) is 6.53. The van der Waals surface area contributed by atoms with E-state index in [0.717, 1.165) is 31.2 Å². The first kappa shape index (κ1) is 14.4. The van der Waals surface area contributed by atoms with Gasteiger partial charge in [0.1, 0.15) is 6.10 Å². The van der Waals surface area contributed by atoms with Crippen molar-refractivity contribution in [2.24, 2.45) is 0 Å². The van der Waals surface area contributed by atoms with Crippen LogP contribution in [-0.4, -0.2) is 11.2 Å². The van der Waals surface area contributed by atoms with Crippen LogP contribution in [-0.2, 0) is 0 Å². The monoisotopic (exact) mass is 270 g/mol. The highest BCUT2D eigenvalue weighted by Gasteiger charge is 1.99. The highest BCUT2D eigenvalue weighted by atomic mass is 35.5. The van der Waals surface area contributed by atoms with Crippen molar-refractivity contribution in [1.29, 1.82) is 0 Å². The first-order valence-electron chi connectivity index (χ1n) is 5.77. The summed E-state index contributed by atoms with van der Waals surface area (Å²) in [5, 5.41) is 10.8. The van der Waals surface area contributed by atoms with Crippen LogP contribution < -0.4 is 0 Å². The molecule has 0 spiro atoms. The maximum atomic E-state index is 9.64. The summed E-state index contributed by atoms with van der Waals surface area (Å²) in [7, 11) is 0. The molecule has 0 aliphatic heterocycles. The Balaban J connectivity index is 2.58. The quantitative estimate of drug-likeness (QED) is 0.640. The molecule has 0 saturated heterocycles. The lowest BCUT2D eigenvalue weighted by molar-refractivity contribution is 0.217. The molecule has 0 heterocycles. The second kappa shape index (κ2) is 7.61. The van der Waals surface area contributed by atoms with Gasteiger partial charge in [-0.3, -0.25) is 0 Å². The minimum Gasteiger partial charge on any atom is -0.380 e. The predicted molar refractivity (Wildman–Crippen MR) is 73.5 cm³/mol. The number of benzene rings is 1. The van der Waals surface area contributed by atoms with Crippen molar-refractivity contribution in [3.63, 3.8) is 0 Å². The summed E-state index contributed by atoms with van der Waals surface area (Å²) in [6, 6.07) is 5.13. The van der Waals surface area contributed by atoms with E-state index in [1.165, 1.54) is 0 Å². The van der Waals surface area contributed by atoms with E-state index < -0.39 is 6.10 Å². The predicted octanol–water partition coefficient (Wildman–Crippen LogP) is 4.29. The van der Waals surface area contributed by atoms with Crippen LogP contribution in [0.3, 0.4) is 0 Å². The van der Waals surface area contributed by atoms with E-state index in [1.807, 2.05) is 0 Å². The third-order valence-corrected chi connectivity index (χ3v) is 2.76. The van der Waals surface area contributed by atoms with Gasteiger partial charge in [0, 0.05) is 15.6 Å². The topological polar surface area (TPSA) is 20.2 Å². The number of rotatable bonds is 4. The average molecular weight is 271 g/mol. The molecule has 1 aromatic rings. The third-order valence-electron chi connectivity index (χ3n) is 2.33. The Morgan fingerprint density at radius 2 is 1.82 bits per heavy atom. The van der Waals surface area contributed by atoms with Gasteiger partial charge in [0.25, 0.3) is 0 Å². The van der Waals surface area contributed by atoms with Gasteiger partial charge < -0.3 is 5.11 Å². The molecule has 0 amide bonds. The van der Waals surface area contributed by atoms with Gasteiger partial charge in [-0.05, 0) is 31.0 Å². The Kier molecular flexibility index (Phi) is 6.44. The van der Waals surface area contributed by atoms with Gasteiger partial charge in [-0.1, -0.05) is 54.8 Å². The Hall–Kier alpha value is -0.680. The van der Waals surface area contributed by atoms with Gasteiger partial charge >= 0.3 is 0 Å². The lowest BCUT2D eigenvalue weighted by Crippen LogP contribution is -2.02. The molecule has 0 saturated carbocycles. The Morgan fingerprint density at radius 3 is 2.41 bits per heavy atom. The summed E-state index contributed by atoms with van der Waals surface area (Å²) in [4.78, 5) is 0. The number of halogens is 2. The molecule has 0 radical (unpaired) electrons. The molecule has 0 aliphatic rings. The zero-order chi connectivity index (χ0) is 12.7. The van der Waals surface area contributed by atoms with E-state index in [-0.39, 0.29) is 0 Å². The molecule has 0 aromatic heterocycles. The number of aliphatic hydroxyl groups is 1. The van der Waals surface area contributed by atoms with Crippen LogP contribution >= 0.6 is 23.2 Å². The van der Waals surface area contributed by atoms with Gasteiger partial charge in [0.05, 0.1) is 0 Å². The number of hydrogen-bond donors (Lipinski definition) is 1. The van der Waals surface area contributed by atoms with E-state index >= 15 is 0 Å². The zero-order valence-corrected chi connectivity index (χ0v) is 11.4. The first-order chi connectivity index (χ1) is 8.11. The minimum absolute atomic E-state index is 0.558. The van der Waals surface area contributed by atoms with Gasteiger partial charge in [0.2, 0.25) is 0 Å². The van der Waals surface area contributed by atoms with Crippen molar-refractivity contribution in [3.8, 4) is 11.8 Å². The molecule has 0 fully saturated rings. The molecular formula is C14H16Cl2O. The van der Waals surface area contributed by atoms with Crippen molar-refractivity contribution in [3.05, 3.63) is 33.8 Å². The van der Waals surface area contributed by atoms with Crippen LogP contribution in [0.2, 0.25) is 10.0 Å². The second-order valence-corrected chi connectivity index (χ2v) is 4.81. The Morgan fingerprint density at radius 1 is 1.18 bits per heavy atom. The van der Waals surface area contributed by atoms with E-state index in [0.29, 0.717) is 10.0 Å². The molecule has 17 heavy (non-hydrogen) atoms. The maximum absolute atomic E-state index is 9.64. The van der Waals surface area contributed by atoms with Crippen LogP contribution in [0.4, 0.5) is 0 Å². The maximum Gasteiger partial charge on any atom is 0.115 e. The van der Waals surface area contributed by atoms with Crippen LogP contribution in [0.1, 0.15) is 38.2 Å². The fourth-order valence-corrected chi connectivity index (χ4v) is 1.98. The second-order valence-electron chi connectivity index (χ2n) is 3.94. The molecular weight excluding hydrogens is 255 g/mol. The van der Waals surface area contributed by atoms with Crippen molar-refractivity contribution >= 4 is 23.2 Å². The van der Waals surface area contributed by atoms with Crippen molar-refractivity contribution in [2.75, 3.05) is 0 Å². The van der Waals surface area contributed by atoms with E-state index in [2.05, 4.69) is 18.8 Å². The minimum atomic E-state index is -0.570. The van der Waals surface area contributed by atoms with Gasteiger partial charge in [0.15, 0.2) is 0 Å². The van der Waals surface area contributed by atoms with Crippen LogP contribution in [0.25, 0.3) is 0 Å². The summed E-state index contributed by atoms with van der Waals surface area (Å²) in [6.07, 6.45) is 3.42. The van der Waals surface area contributed by atoms with Gasteiger partial charge in [-0.2, -0.15) is 0 Å². The molecule has 0 bridgehead atoms. The van der Waals surface area contributed by atoms with Crippen LogP contribution in [0.15, 0.2) is 18.2 Å². The van der Waals surface area contributed by atoms with Crippen molar-refractivity contribution in [2.45, 2.75) is 38.7 Å². The molecule has 1 aromatic carbocycles. The summed E-state index contributed by atoms with van der Waals surface area (Å²) < 4.78 is 0. The molecule has 1 unspecified atom stereocenters. The highest BCUT2D eigenvalue weighted by molar-refractivity contribution is 6.34. The number of aliphatic hydroxyl groups excluding tert-OH is 1. The molecule has 0 aliphatic carbocycles. The fourth-order valence-electron chi connectivity index (χ4n) is 1.45. The lowest BCUT2D eigenvalue weighted by Gasteiger charge is -2.01. The normalized spacial score (nSPS) is 11.8. The molecule has 92 valence electrons. The average Bonchev–Trinajstić information content (AvgIpc) is 2.25. The van der Waals surface area contributed by atoms with Crippen molar-refractivity contribution < 1.29 is 5.11 Å². The number of unbranched alkanes of at least 4 members (excludes halogenated alkanes) is 2. The van der Waals surface area contributed by atoms with Gasteiger partial charge in [-0.25, -0.2) is 0 Å². The smallest absolute Gasteiger partial charge is 0.115 e. The highest BCUT2D eigenvalue weighted by Crippen LogP contribution is 2.18. The van der Waals surface area contributed by atoms with Crippen LogP contribution in [0.5, 0.6) is 0 Å². The van der Waals surface area contributed by atoms with Crippen LogP contribution in [0, 0.1) is 11.8 Å². The largest absolute Gasteiger partial charge is 0.380 e. The lowest BCUT2D eigenvalue weighted by atomic mass is 10.1. The molecule has 1 rings (SSSR count). The van der Waals surface area contributed by atoms with E-state index in [9.17, 15) is 5.11 Å². The molecule has 3 heteroatoms. The summed E-state index contributed by atoms with van der Waals surface area (Å²) in [5.74, 6) is 5.68. The third kappa shape index (κ3) is 5.98. The summed E-state index contributed by atoms with van der Waals surface area (Å²) in [6.45, 7) is 2.13. The Bertz CT molecular complexity index is 398.